The molecule has 0 fully saturated rings. The number of thiazole rings is 1. The van der Waals surface area contributed by atoms with E-state index in [1.807, 2.05) is 11.6 Å². The Bertz CT molecular complexity index is 417. The van der Waals surface area contributed by atoms with Crippen LogP contribution in [0.3, 0.4) is 0 Å². The molecule has 0 unspecified atom stereocenters. The fourth-order valence-electron chi connectivity index (χ4n) is 1.19. The maximum absolute atomic E-state index is 12.0. The lowest BCUT2D eigenvalue weighted by Crippen LogP contribution is -2.15. The van der Waals surface area contributed by atoms with Crippen LogP contribution in [-0.2, 0) is 4.79 Å². The number of aliphatic hydroxyl groups is 1. The highest BCUT2D eigenvalue weighted by Gasteiger charge is 2.12. The van der Waals surface area contributed by atoms with E-state index in [1.54, 1.807) is 24.8 Å². The molecule has 3 nitrogen and oxygen atoms in total. The molecule has 0 radical (unpaired) electrons. The van der Waals surface area contributed by atoms with E-state index in [1.165, 1.54) is 11.3 Å². The number of thioether (sulfide) groups is 1. The molecular formula is C11H14FNO2S2. The molecule has 0 saturated carbocycles. The second kappa shape index (κ2) is 6.88. The molecule has 0 aliphatic rings. The molecular weight excluding hydrogens is 261 g/mol. The third kappa shape index (κ3) is 4.57. The summed E-state index contributed by atoms with van der Waals surface area (Å²) in [4.78, 5) is 15.1. The second-order valence-electron chi connectivity index (χ2n) is 3.52. The zero-order valence-electron chi connectivity index (χ0n) is 9.64. The molecule has 1 rings (SSSR count). The van der Waals surface area contributed by atoms with E-state index in [0.29, 0.717) is 5.57 Å². The van der Waals surface area contributed by atoms with Crippen LogP contribution in [0.2, 0.25) is 0 Å². The van der Waals surface area contributed by atoms with Gasteiger partial charge in [0.05, 0.1) is 11.8 Å². The number of halogens is 1. The molecule has 1 aromatic heterocycles. The molecule has 1 N–H and O–H groups in total. The van der Waals surface area contributed by atoms with Crippen LogP contribution in [0.4, 0.5) is 4.39 Å². The predicted molar refractivity (Wildman–Crippen MR) is 69.2 cm³/mol. The Balaban J connectivity index is 2.67. The summed E-state index contributed by atoms with van der Waals surface area (Å²) in [7, 11) is 0. The van der Waals surface area contributed by atoms with Crippen LogP contribution in [0.5, 0.6) is 0 Å². The molecule has 0 aliphatic carbocycles. The largest absolute Gasteiger partial charge is 0.388 e. The third-order valence-electron chi connectivity index (χ3n) is 2.15. The highest BCUT2D eigenvalue weighted by molar-refractivity contribution is 8.00. The van der Waals surface area contributed by atoms with E-state index in [0.717, 1.165) is 10.0 Å². The number of hydrogen-bond donors (Lipinski definition) is 1. The third-order valence-corrected chi connectivity index (χ3v) is 4.03. The van der Waals surface area contributed by atoms with Crippen molar-refractivity contribution in [2.75, 3.05) is 12.9 Å². The Morgan fingerprint density at radius 2 is 2.47 bits per heavy atom. The molecule has 94 valence electrons. The molecule has 0 spiro atoms. The van der Waals surface area contributed by atoms with Gasteiger partial charge in [0.15, 0.2) is 5.78 Å². The maximum Gasteiger partial charge on any atom is 0.166 e. The van der Waals surface area contributed by atoms with Gasteiger partial charge in [-0.05, 0) is 24.8 Å². The Hall–Kier alpha value is -0.720. The summed E-state index contributed by atoms with van der Waals surface area (Å²) in [6, 6.07) is 0. The van der Waals surface area contributed by atoms with E-state index < -0.39 is 18.6 Å². The first-order valence-corrected chi connectivity index (χ1v) is 7.10. The lowest BCUT2D eigenvalue weighted by Gasteiger charge is -2.08. The first-order valence-electron chi connectivity index (χ1n) is 5.00. The van der Waals surface area contributed by atoms with Gasteiger partial charge in [0.25, 0.3) is 0 Å². The number of rotatable bonds is 6. The number of aliphatic hydroxyl groups excluding tert-OH is 1. The van der Waals surface area contributed by atoms with Crippen molar-refractivity contribution in [2.45, 2.75) is 23.8 Å². The van der Waals surface area contributed by atoms with Crippen molar-refractivity contribution in [2.24, 2.45) is 0 Å². The summed E-state index contributed by atoms with van der Waals surface area (Å²) in [5.74, 6) is -0.590. The molecule has 0 aliphatic heterocycles. The first kappa shape index (κ1) is 14.3. The van der Waals surface area contributed by atoms with Crippen LogP contribution in [0.15, 0.2) is 15.3 Å². The number of ketones is 1. The summed E-state index contributed by atoms with van der Waals surface area (Å²) in [6.45, 7) is 0.673. The summed E-state index contributed by atoms with van der Waals surface area (Å²) in [5, 5.41) is 11.5. The van der Waals surface area contributed by atoms with Gasteiger partial charge in [-0.25, -0.2) is 9.37 Å². The zero-order valence-corrected chi connectivity index (χ0v) is 11.3. The van der Waals surface area contributed by atoms with Crippen LogP contribution >= 0.6 is 23.1 Å². The van der Waals surface area contributed by atoms with E-state index in [4.69, 9.17) is 0 Å². The Labute approximate surface area is 108 Å². The minimum Gasteiger partial charge on any atom is -0.388 e. The quantitative estimate of drug-likeness (QED) is 0.811. The second-order valence-corrected chi connectivity index (χ2v) is 5.43. The number of Topliss-reactive ketones (excluding diaryl/α,β-unsaturated/α-hetero) is 1. The smallest absolute Gasteiger partial charge is 0.166 e. The molecule has 0 bridgehead atoms. The summed E-state index contributed by atoms with van der Waals surface area (Å²) < 4.78 is 12.9. The van der Waals surface area contributed by atoms with Gasteiger partial charge >= 0.3 is 0 Å². The molecule has 0 amide bonds. The van der Waals surface area contributed by atoms with Crippen LogP contribution in [0.1, 0.15) is 19.0 Å². The van der Waals surface area contributed by atoms with E-state index in [-0.39, 0.29) is 6.42 Å². The van der Waals surface area contributed by atoms with Crippen LogP contribution in [-0.4, -0.2) is 34.9 Å². The van der Waals surface area contributed by atoms with Gasteiger partial charge in [-0.2, -0.15) is 0 Å². The highest BCUT2D eigenvalue weighted by atomic mass is 32.2. The van der Waals surface area contributed by atoms with Crippen molar-refractivity contribution in [1.82, 2.24) is 4.98 Å². The summed E-state index contributed by atoms with van der Waals surface area (Å²) in [5.41, 5.74) is 1.37. The molecule has 0 saturated heterocycles. The molecule has 17 heavy (non-hydrogen) atoms. The van der Waals surface area contributed by atoms with Crippen molar-refractivity contribution in [3.05, 3.63) is 16.6 Å². The van der Waals surface area contributed by atoms with E-state index in [9.17, 15) is 14.3 Å². The summed E-state index contributed by atoms with van der Waals surface area (Å²) in [6.07, 6.45) is 2.54. The number of hydrogen-bond acceptors (Lipinski definition) is 5. The summed E-state index contributed by atoms with van der Waals surface area (Å²) >= 11 is 3.07. The van der Waals surface area contributed by atoms with Gasteiger partial charge in [0, 0.05) is 11.8 Å². The molecule has 0 aromatic carbocycles. The Morgan fingerprint density at radius 1 is 1.76 bits per heavy atom. The molecule has 1 atom stereocenters. The van der Waals surface area contributed by atoms with E-state index >= 15 is 0 Å². The van der Waals surface area contributed by atoms with Crippen molar-refractivity contribution in [1.29, 1.82) is 0 Å². The molecule has 1 heterocycles. The average molecular weight is 275 g/mol. The monoisotopic (exact) mass is 275 g/mol. The van der Waals surface area contributed by atoms with Crippen molar-refractivity contribution < 1.29 is 14.3 Å². The lowest BCUT2D eigenvalue weighted by molar-refractivity contribution is -0.121. The van der Waals surface area contributed by atoms with Crippen molar-refractivity contribution >= 4 is 35.0 Å². The maximum atomic E-state index is 12.0. The molecule has 1 aromatic rings. The van der Waals surface area contributed by atoms with Gasteiger partial charge in [0.2, 0.25) is 0 Å². The first-order chi connectivity index (χ1) is 8.06. The minimum absolute atomic E-state index is 0.182. The highest BCUT2D eigenvalue weighted by Crippen LogP contribution is 2.21. The number of alkyl halides is 1. The van der Waals surface area contributed by atoms with Gasteiger partial charge in [0.1, 0.15) is 11.0 Å². The number of nitrogens with zero attached hydrogens (tertiary/aromatic N) is 1. The zero-order chi connectivity index (χ0) is 12.8. The average Bonchev–Trinajstić information content (AvgIpc) is 2.76. The normalized spacial score (nSPS) is 13.8. The fraction of sp³-hybridized carbons (Fsp3) is 0.455. The number of carbonyl (C=O) groups is 1. The van der Waals surface area contributed by atoms with Gasteiger partial charge in [-0.3, -0.25) is 4.79 Å². The topological polar surface area (TPSA) is 50.2 Å². The molecule has 6 heteroatoms. The SMILES string of the molecule is CSc1nc(/C=C(\C)[C@@H](O)CC(=O)CF)cs1. The van der Waals surface area contributed by atoms with Crippen LogP contribution < -0.4 is 0 Å². The minimum atomic E-state index is -1.03. The number of carbonyl (C=O) groups excluding carboxylic acids is 1. The number of aromatic nitrogens is 1. The van der Waals surface area contributed by atoms with Crippen molar-refractivity contribution in [3.63, 3.8) is 0 Å². The predicted octanol–water partition coefficient (Wildman–Crippen LogP) is 2.56. The fourth-order valence-corrected chi connectivity index (χ4v) is 2.42. The van der Waals surface area contributed by atoms with Crippen LogP contribution in [0.25, 0.3) is 6.08 Å². The lowest BCUT2D eigenvalue weighted by atomic mass is 10.1. The Morgan fingerprint density at radius 3 is 3.00 bits per heavy atom. The standard InChI is InChI=1S/C11H14FNO2S2/c1-7(10(15)4-9(14)5-12)3-8-6-17-11(13-8)16-2/h3,6,10,15H,4-5H2,1-2H3/b7-3+/t10-/m0/s1. The van der Waals surface area contributed by atoms with Crippen LogP contribution in [0, 0.1) is 0 Å². The van der Waals surface area contributed by atoms with Gasteiger partial charge in [-0.15, -0.1) is 11.3 Å². The van der Waals surface area contributed by atoms with Crippen molar-refractivity contribution in [3.8, 4) is 0 Å². The Kier molecular flexibility index (Phi) is 5.80. The van der Waals surface area contributed by atoms with Gasteiger partial charge < -0.3 is 5.11 Å². The van der Waals surface area contributed by atoms with E-state index in [2.05, 4.69) is 4.98 Å². The van der Waals surface area contributed by atoms with Gasteiger partial charge in [-0.1, -0.05) is 11.8 Å².